The van der Waals surface area contributed by atoms with Gasteiger partial charge in [0.15, 0.2) is 0 Å². The smallest absolute Gasteiger partial charge is 0.240 e. The summed E-state index contributed by atoms with van der Waals surface area (Å²) in [5.74, 6) is -0.119. The molecule has 1 saturated heterocycles. The van der Waals surface area contributed by atoms with E-state index in [2.05, 4.69) is 5.32 Å². The molecule has 0 aromatic heterocycles. The van der Waals surface area contributed by atoms with E-state index in [1.54, 1.807) is 0 Å². The van der Waals surface area contributed by atoms with Crippen molar-refractivity contribution in [2.24, 2.45) is 0 Å². The number of nitrogens with one attached hydrogen (secondary N) is 1. The molecular weight excluding hydrogens is 178 g/mol. The van der Waals surface area contributed by atoms with Crippen molar-refractivity contribution in [2.45, 2.75) is 31.2 Å². The second-order valence-corrected chi connectivity index (χ2v) is 3.32. The molecule has 1 fully saturated rings. The minimum Gasteiger partial charge on any atom is -0.376 e. The standard InChI is InChI=1S/C8H14ClNO2/c1-2-10-8(11)7(9)6-4-3-5-12-6/h6-7H,2-5H2,1H3,(H,10,11). The summed E-state index contributed by atoms with van der Waals surface area (Å²) in [7, 11) is 0. The van der Waals surface area contributed by atoms with Crippen molar-refractivity contribution in [1.82, 2.24) is 5.32 Å². The highest BCUT2D eigenvalue weighted by atomic mass is 35.5. The molecule has 0 aliphatic carbocycles. The summed E-state index contributed by atoms with van der Waals surface area (Å²) in [6.07, 6.45) is 1.82. The fraction of sp³-hybridized carbons (Fsp3) is 0.875. The van der Waals surface area contributed by atoms with Gasteiger partial charge < -0.3 is 10.1 Å². The number of hydrogen-bond acceptors (Lipinski definition) is 2. The van der Waals surface area contributed by atoms with Gasteiger partial charge in [-0.15, -0.1) is 11.6 Å². The van der Waals surface area contributed by atoms with E-state index in [1.807, 2.05) is 6.92 Å². The van der Waals surface area contributed by atoms with Crippen molar-refractivity contribution < 1.29 is 9.53 Å². The summed E-state index contributed by atoms with van der Waals surface area (Å²) in [6.45, 7) is 3.22. The molecule has 1 amide bonds. The van der Waals surface area contributed by atoms with Crippen molar-refractivity contribution in [3.8, 4) is 0 Å². The van der Waals surface area contributed by atoms with Crippen LogP contribution in [0.15, 0.2) is 0 Å². The molecule has 1 aliphatic heterocycles. The first-order chi connectivity index (χ1) is 5.75. The Kier molecular flexibility index (Phi) is 3.82. The zero-order chi connectivity index (χ0) is 8.97. The van der Waals surface area contributed by atoms with Gasteiger partial charge in [0.05, 0.1) is 6.10 Å². The monoisotopic (exact) mass is 191 g/mol. The van der Waals surface area contributed by atoms with Crippen molar-refractivity contribution in [3.63, 3.8) is 0 Å². The van der Waals surface area contributed by atoms with Gasteiger partial charge in [0.25, 0.3) is 0 Å². The van der Waals surface area contributed by atoms with Gasteiger partial charge in [-0.3, -0.25) is 4.79 Å². The van der Waals surface area contributed by atoms with Crippen LogP contribution in [0.4, 0.5) is 0 Å². The Morgan fingerprint density at radius 3 is 3.08 bits per heavy atom. The van der Waals surface area contributed by atoms with Gasteiger partial charge >= 0.3 is 0 Å². The van der Waals surface area contributed by atoms with Crippen LogP contribution in [0.1, 0.15) is 19.8 Å². The van der Waals surface area contributed by atoms with Crippen LogP contribution < -0.4 is 5.32 Å². The van der Waals surface area contributed by atoms with Crippen LogP contribution in [0.25, 0.3) is 0 Å². The van der Waals surface area contributed by atoms with Crippen molar-refractivity contribution in [2.75, 3.05) is 13.2 Å². The summed E-state index contributed by atoms with van der Waals surface area (Å²) < 4.78 is 5.29. The number of hydrogen-bond donors (Lipinski definition) is 1. The Morgan fingerprint density at radius 2 is 2.58 bits per heavy atom. The summed E-state index contributed by atoms with van der Waals surface area (Å²) >= 11 is 5.88. The molecule has 1 rings (SSSR count). The van der Waals surface area contributed by atoms with Crippen LogP contribution in [0.3, 0.4) is 0 Å². The minimum atomic E-state index is -0.521. The topological polar surface area (TPSA) is 38.3 Å². The lowest BCUT2D eigenvalue weighted by molar-refractivity contribution is -0.122. The number of alkyl halides is 1. The summed E-state index contributed by atoms with van der Waals surface area (Å²) in [5, 5.41) is 2.15. The van der Waals surface area contributed by atoms with Crippen LogP contribution in [0.5, 0.6) is 0 Å². The fourth-order valence-corrected chi connectivity index (χ4v) is 1.55. The lowest BCUT2D eigenvalue weighted by atomic mass is 10.1. The number of carbonyl (C=O) groups is 1. The molecular formula is C8H14ClNO2. The molecule has 70 valence electrons. The maximum Gasteiger partial charge on any atom is 0.240 e. The molecule has 12 heavy (non-hydrogen) atoms. The molecule has 1 heterocycles. The van der Waals surface area contributed by atoms with Crippen LogP contribution in [-0.4, -0.2) is 30.5 Å². The van der Waals surface area contributed by atoms with E-state index in [4.69, 9.17) is 16.3 Å². The van der Waals surface area contributed by atoms with Gasteiger partial charge in [-0.1, -0.05) is 0 Å². The molecule has 0 bridgehead atoms. The van der Waals surface area contributed by atoms with Gasteiger partial charge in [-0.25, -0.2) is 0 Å². The summed E-state index contributed by atoms with van der Waals surface area (Å²) in [5.41, 5.74) is 0. The van der Waals surface area contributed by atoms with E-state index < -0.39 is 5.38 Å². The second-order valence-electron chi connectivity index (χ2n) is 2.85. The lowest BCUT2D eigenvalue weighted by Crippen LogP contribution is -2.38. The van der Waals surface area contributed by atoms with Crippen molar-refractivity contribution >= 4 is 17.5 Å². The molecule has 1 N–H and O–H groups in total. The van der Waals surface area contributed by atoms with Crippen LogP contribution in [-0.2, 0) is 9.53 Å². The van der Waals surface area contributed by atoms with Gasteiger partial charge in [0.2, 0.25) is 5.91 Å². The largest absolute Gasteiger partial charge is 0.376 e. The maximum absolute atomic E-state index is 11.2. The highest BCUT2D eigenvalue weighted by molar-refractivity contribution is 6.31. The van der Waals surface area contributed by atoms with Crippen molar-refractivity contribution in [3.05, 3.63) is 0 Å². The third kappa shape index (κ3) is 2.35. The minimum absolute atomic E-state index is 0.0850. The van der Waals surface area contributed by atoms with Gasteiger partial charge in [0, 0.05) is 13.2 Å². The third-order valence-corrected chi connectivity index (χ3v) is 2.37. The van der Waals surface area contributed by atoms with Crippen LogP contribution in [0.2, 0.25) is 0 Å². The van der Waals surface area contributed by atoms with Crippen LogP contribution >= 0.6 is 11.6 Å². The number of rotatable bonds is 3. The third-order valence-electron chi connectivity index (χ3n) is 1.89. The molecule has 0 aromatic carbocycles. The number of carbonyl (C=O) groups excluding carboxylic acids is 1. The molecule has 0 spiro atoms. The number of ether oxygens (including phenoxy) is 1. The highest BCUT2D eigenvalue weighted by Crippen LogP contribution is 2.19. The van der Waals surface area contributed by atoms with Crippen molar-refractivity contribution in [1.29, 1.82) is 0 Å². The average molecular weight is 192 g/mol. The Hall–Kier alpha value is -0.280. The molecule has 2 atom stereocenters. The van der Waals surface area contributed by atoms with E-state index in [1.165, 1.54) is 0 Å². The zero-order valence-corrected chi connectivity index (χ0v) is 7.93. The average Bonchev–Trinajstić information content (AvgIpc) is 2.55. The normalized spacial score (nSPS) is 25.3. The molecule has 0 aromatic rings. The second kappa shape index (κ2) is 4.67. The maximum atomic E-state index is 11.2. The number of halogens is 1. The first-order valence-electron chi connectivity index (χ1n) is 4.29. The van der Waals surface area contributed by atoms with E-state index in [0.717, 1.165) is 19.4 Å². The Morgan fingerprint density at radius 1 is 1.83 bits per heavy atom. The predicted molar refractivity (Wildman–Crippen MR) is 47.3 cm³/mol. The SMILES string of the molecule is CCNC(=O)C(Cl)C1CCCO1. The van der Waals surface area contributed by atoms with E-state index in [-0.39, 0.29) is 12.0 Å². The molecule has 1 aliphatic rings. The molecule has 2 unspecified atom stereocenters. The number of amides is 1. The Bertz CT molecular complexity index is 157. The lowest BCUT2D eigenvalue weighted by Gasteiger charge is -2.15. The van der Waals surface area contributed by atoms with Gasteiger partial charge in [-0.05, 0) is 19.8 Å². The quantitative estimate of drug-likeness (QED) is 0.674. The molecule has 0 saturated carbocycles. The molecule has 0 radical (unpaired) electrons. The van der Waals surface area contributed by atoms with E-state index in [9.17, 15) is 4.79 Å². The van der Waals surface area contributed by atoms with Gasteiger partial charge in [-0.2, -0.15) is 0 Å². The molecule has 3 nitrogen and oxygen atoms in total. The summed E-state index contributed by atoms with van der Waals surface area (Å²) in [4.78, 5) is 11.2. The van der Waals surface area contributed by atoms with Gasteiger partial charge in [0.1, 0.15) is 5.38 Å². The highest BCUT2D eigenvalue weighted by Gasteiger charge is 2.29. The Balaban J connectivity index is 2.34. The Labute approximate surface area is 77.4 Å². The van der Waals surface area contributed by atoms with Crippen LogP contribution in [0, 0.1) is 0 Å². The van der Waals surface area contributed by atoms with E-state index >= 15 is 0 Å². The predicted octanol–water partition coefficient (Wildman–Crippen LogP) is 0.909. The molecule has 4 heteroatoms. The fourth-order valence-electron chi connectivity index (χ4n) is 1.27. The zero-order valence-electron chi connectivity index (χ0n) is 7.18. The van der Waals surface area contributed by atoms with E-state index in [0.29, 0.717) is 6.54 Å². The first kappa shape index (κ1) is 9.81. The summed E-state index contributed by atoms with van der Waals surface area (Å²) in [6, 6.07) is 0. The first-order valence-corrected chi connectivity index (χ1v) is 4.72.